The average molecular weight is 309 g/mol. The van der Waals surface area contributed by atoms with Crippen LogP contribution >= 0.6 is 11.8 Å². The largest absolute Gasteiger partial charge is 0.442 e. The van der Waals surface area contributed by atoms with Crippen LogP contribution in [-0.4, -0.2) is 29.1 Å². The zero-order valence-corrected chi connectivity index (χ0v) is 13.3. The highest BCUT2D eigenvalue weighted by molar-refractivity contribution is 8.13. The Morgan fingerprint density at radius 3 is 2.33 bits per heavy atom. The lowest BCUT2D eigenvalue weighted by molar-refractivity contribution is 0.0604. The number of carbonyl (C=O) groups is 2. The zero-order chi connectivity index (χ0) is 15.9. The van der Waals surface area contributed by atoms with Gasteiger partial charge in [-0.05, 0) is 39.2 Å². The first-order valence-corrected chi connectivity index (χ1v) is 7.51. The second-order valence-corrected chi connectivity index (χ2v) is 5.84. The Morgan fingerprint density at radius 2 is 1.81 bits per heavy atom. The number of benzene rings is 1. The molecule has 0 atom stereocenters. The molecule has 21 heavy (non-hydrogen) atoms. The molecule has 0 aliphatic heterocycles. The van der Waals surface area contributed by atoms with Gasteiger partial charge in [-0.25, -0.2) is 9.59 Å². The standard InChI is InChI=1S/C14H19N3O3S/c1-14(2,3)20-13(19)17-12(21-4)16-11(18)15-10-8-6-5-7-9-10/h5-9H,1-4H3,(H2,15,16,17,18,19). The Hall–Kier alpha value is -2.02. The molecule has 0 heterocycles. The summed E-state index contributed by atoms with van der Waals surface area (Å²) in [6, 6.07) is 8.49. The minimum Gasteiger partial charge on any atom is -0.442 e. The number of ether oxygens (including phenoxy) is 1. The molecule has 0 radical (unpaired) electrons. The van der Waals surface area contributed by atoms with Crippen molar-refractivity contribution in [1.82, 2.24) is 5.32 Å². The van der Waals surface area contributed by atoms with Gasteiger partial charge in [-0.1, -0.05) is 30.0 Å². The van der Waals surface area contributed by atoms with E-state index in [-0.39, 0.29) is 5.17 Å². The van der Waals surface area contributed by atoms with Crippen molar-refractivity contribution in [3.05, 3.63) is 30.3 Å². The highest BCUT2D eigenvalue weighted by Gasteiger charge is 2.16. The molecule has 0 aliphatic rings. The summed E-state index contributed by atoms with van der Waals surface area (Å²) in [5, 5.41) is 5.29. The molecule has 0 spiro atoms. The number of hydrogen-bond acceptors (Lipinski definition) is 4. The molecular formula is C14H19N3O3S. The number of urea groups is 1. The number of rotatable bonds is 1. The molecule has 1 aromatic rings. The zero-order valence-electron chi connectivity index (χ0n) is 12.5. The number of carbonyl (C=O) groups excluding carboxylic acids is 2. The highest BCUT2D eigenvalue weighted by Crippen LogP contribution is 2.09. The topological polar surface area (TPSA) is 79.8 Å². The van der Waals surface area contributed by atoms with Gasteiger partial charge in [0.05, 0.1) is 0 Å². The monoisotopic (exact) mass is 309 g/mol. The van der Waals surface area contributed by atoms with Gasteiger partial charge in [-0.2, -0.15) is 4.99 Å². The normalized spacial score (nSPS) is 11.7. The minimum atomic E-state index is -0.744. The first kappa shape index (κ1) is 17.0. The lowest BCUT2D eigenvalue weighted by Crippen LogP contribution is -2.33. The van der Waals surface area contributed by atoms with Gasteiger partial charge in [0.1, 0.15) is 5.60 Å². The number of amidine groups is 1. The van der Waals surface area contributed by atoms with Crippen LogP contribution in [-0.2, 0) is 4.74 Å². The Bertz CT molecular complexity index is 524. The second-order valence-electron chi connectivity index (χ2n) is 5.05. The number of thioether (sulfide) groups is 1. The van der Waals surface area contributed by atoms with Crippen LogP contribution in [0.15, 0.2) is 35.3 Å². The third-order valence-electron chi connectivity index (χ3n) is 2.03. The summed E-state index contributed by atoms with van der Waals surface area (Å²) in [4.78, 5) is 27.1. The van der Waals surface area contributed by atoms with Gasteiger partial charge in [-0.3, -0.25) is 5.32 Å². The van der Waals surface area contributed by atoms with Crippen LogP contribution < -0.4 is 10.6 Å². The summed E-state index contributed by atoms with van der Waals surface area (Å²) < 4.78 is 5.06. The molecule has 6 nitrogen and oxygen atoms in total. The minimum absolute atomic E-state index is 0.165. The van der Waals surface area contributed by atoms with Crippen molar-refractivity contribution in [3.8, 4) is 0 Å². The fourth-order valence-corrected chi connectivity index (χ4v) is 1.63. The van der Waals surface area contributed by atoms with Gasteiger partial charge in [0.25, 0.3) is 0 Å². The first-order valence-electron chi connectivity index (χ1n) is 6.29. The molecule has 7 heteroatoms. The van der Waals surface area contributed by atoms with E-state index in [0.29, 0.717) is 5.69 Å². The highest BCUT2D eigenvalue weighted by atomic mass is 32.2. The van der Waals surface area contributed by atoms with E-state index < -0.39 is 17.7 Å². The molecule has 1 rings (SSSR count). The van der Waals surface area contributed by atoms with Gasteiger partial charge in [-0.15, -0.1) is 0 Å². The van der Waals surface area contributed by atoms with E-state index in [1.54, 1.807) is 51.3 Å². The molecule has 0 aliphatic carbocycles. The number of aliphatic imine (C=N–C) groups is 1. The third kappa shape index (κ3) is 7.36. The molecule has 0 bridgehead atoms. The van der Waals surface area contributed by atoms with Gasteiger partial charge in [0, 0.05) is 5.69 Å². The lowest BCUT2D eigenvalue weighted by Gasteiger charge is -2.17. The Morgan fingerprint density at radius 1 is 1.19 bits per heavy atom. The van der Waals surface area contributed by atoms with Gasteiger partial charge < -0.3 is 10.1 Å². The van der Waals surface area contributed by atoms with E-state index in [2.05, 4.69) is 15.6 Å². The van der Waals surface area contributed by atoms with E-state index in [1.165, 1.54) is 0 Å². The van der Waals surface area contributed by atoms with E-state index in [1.807, 2.05) is 6.07 Å². The van der Waals surface area contributed by atoms with Crippen LogP contribution in [0.5, 0.6) is 0 Å². The average Bonchev–Trinajstić information content (AvgIpc) is 2.36. The van der Waals surface area contributed by atoms with Crippen LogP contribution in [0.3, 0.4) is 0 Å². The van der Waals surface area contributed by atoms with Crippen molar-refractivity contribution in [2.24, 2.45) is 4.99 Å². The van der Waals surface area contributed by atoms with Gasteiger partial charge in [0.15, 0.2) is 5.17 Å². The molecule has 2 N–H and O–H groups in total. The van der Waals surface area contributed by atoms with E-state index in [0.717, 1.165) is 11.8 Å². The number of nitrogens with one attached hydrogen (secondary N) is 2. The van der Waals surface area contributed by atoms with Crippen molar-refractivity contribution in [1.29, 1.82) is 0 Å². The van der Waals surface area contributed by atoms with E-state index in [9.17, 15) is 9.59 Å². The summed E-state index contributed by atoms with van der Waals surface area (Å²) in [6.45, 7) is 5.23. The summed E-state index contributed by atoms with van der Waals surface area (Å²) in [7, 11) is 0. The molecule has 1 aromatic carbocycles. The number of para-hydroxylation sites is 1. The first-order chi connectivity index (χ1) is 9.80. The third-order valence-corrected chi connectivity index (χ3v) is 2.61. The molecule has 0 aromatic heterocycles. The molecule has 0 saturated carbocycles. The fraction of sp³-hybridized carbons (Fsp3) is 0.357. The van der Waals surface area contributed by atoms with Gasteiger partial charge >= 0.3 is 12.1 Å². The molecule has 3 amide bonds. The van der Waals surface area contributed by atoms with Crippen molar-refractivity contribution < 1.29 is 14.3 Å². The predicted molar refractivity (Wildman–Crippen MR) is 85.8 cm³/mol. The van der Waals surface area contributed by atoms with E-state index in [4.69, 9.17) is 4.74 Å². The van der Waals surface area contributed by atoms with Crippen LogP contribution in [0.25, 0.3) is 0 Å². The van der Waals surface area contributed by atoms with Gasteiger partial charge in [0.2, 0.25) is 0 Å². The maximum Gasteiger partial charge on any atom is 0.436 e. The number of nitrogens with zero attached hydrogens (tertiary/aromatic N) is 1. The lowest BCUT2D eigenvalue weighted by atomic mass is 10.2. The summed E-state index contributed by atoms with van der Waals surface area (Å²) in [5.41, 5.74) is 0.0175. The smallest absolute Gasteiger partial charge is 0.436 e. The Kier molecular flexibility index (Phi) is 6.23. The number of anilines is 1. The molecule has 0 unspecified atom stereocenters. The van der Waals surface area contributed by atoms with Crippen LogP contribution in [0.2, 0.25) is 0 Å². The SMILES string of the molecule is CS/C(=N\C(=O)OC(C)(C)C)NC(=O)Nc1ccccc1. The molecule has 0 fully saturated rings. The maximum atomic E-state index is 11.8. The molecule has 114 valence electrons. The quantitative estimate of drug-likeness (QED) is 0.615. The second kappa shape index (κ2) is 7.68. The van der Waals surface area contributed by atoms with Crippen molar-refractivity contribution in [3.63, 3.8) is 0 Å². The Balaban J connectivity index is 2.61. The molecule has 0 saturated heterocycles. The maximum absolute atomic E-state index is 11.8. The van der Waals surface area contributed by atoms with Crippen LogP contribution in [0.4, 0.5) is 15.3 Å². The van der Waals surface area contributed by atoms with Crippen molar-refractivity contribution in [2.75, 3.05) is 11.6 Å². The fourth-order valence-electron chi connectivity index (χ4n) is 1.27. The predicted octanol–water partition coefficient (Wildman–Crippen LogP) is 3.46. The Labute approximate surface area is 128 Å². The van der Waals surface area contributed by atoms with Crippen LogP contribution in [0, 0.1) is 0 Å². The summed E-state index contributed by atoms with van der Waals surface area (Å²) >= 11 is 1.14. The van der Waals surface area contributed by atoms with Crippen LogP contribution in [0.1, 0.15) is 20.8 Å². The summed E-state index contributed by atoms with van der Waals surface area (Å²) in [5.74, 6) is 0. The van der Waals surface area contributed by atoms with Crippen molar-refractivity contribution >= 4 is 34.7 Å². The molecular weight excluding hydrogens is 290 g/mol. The number of amides is 3. The summed E-state index contributed by atoms with van der Waals surface area (Å²) in [6.07, 6.45) is 0.957. The van der Waals surface area contributed by atoms with Crippen molar-refractivity contribution in [2.45, 2.75) is 26.4 Å². The number of hydrogen-bond donors (Lipinski definition) is 2. The van der Waals surface area contributed by atoms with E-state index >= 15 is 0 Å².